The van der Waals surface area contributed by atoms with E-state index in [9.17, 15) is 9.36 Å². The smallest absolute Gasteiger partial charge is 0.328 e. The van der Waals surface area contributed by atoms with Crippen LogP contribution >= 0.6 is 19.8 Å². The Balaban J connectivity index is 1.92. The van der Waals surface area contributed by atoms with Crippen molar-refractivity contribution in [3.63, 3.8) is 0 Å². The van der Waals surface area contributed by atoms with Crippen molar-refractivity contribution < 1.29 is 18.3 Å². The molecule has 3 atom stereocenters. The minimum absolute atomic E-state index is 0.180. The van der Waals surface area contributed by atoms with Crippen molar-refractivity contribution in [2.45, 2.75) is 45.9 Å². The summed E-state index contributed by atoms with van der Waals surface area (Å²) < 4.78 is 30.7. The molecule has 0 bridgehead atoms. The van der Waals surface area contributed by atoms with Crippen LogP contribution in [0.25, 0.3) is 0 Å². The second kappa shape index (κ2) is 8.06. The Morgan fingerprint density at radius 3 is 2.83 bits per heavy atom. The molecule has 0 amide bonds. The third kappa shape index (κ3) is 5.36. The maximum absolute atomic E-state index is 12.2. The summed E-state index contributed by atoms with van der Waals surface area (Å²) in [5, 5.41) is 0. The van der Waals surface area contributed by atoms with Crippen LogP contribution in [-0.2, 0) is 18.3 Å². The molecule has 3 unspecified atom stereocenters. The van der Waals surface area contributed by atoms with Crippen LogP contribution in [0.15, 0.2) is 11.0 Å². The van der Waals surface area contributed by atoms with Crippen molar-refractivity contribution in [1.82, 2.24) is 9.55 Å². The van der Waals surface area contributed by atoms with Crippen molar-refractivity contribution in [2.24, 2.45) is 5.92 Å². The lowest BCUT2D eigenvalue weighted by Gasteiger charge is -2.19. The summed E-state index contributed by atoms with van der Waals surface area (Å²) in [6.07, 6.45) is 2.51. The number of hydrogen-bond donors (Lipinski definition) is 1. The zero-order valence-corrected chi connectivity index (χ0v) is 16.2. The monoisotopic (exact) mass is 376 g/mol. The third-order valence-electron chi connectivity index (χ3n) is 3.68. The van der Waals surface area contributed by atoms with Gasteiger partial charge in [-0.25, -0.2) is 4.79 Å². The van der Waals surface area contributed by atoms with E-state index in [0.717, 1.165) is 12.0 Å². The highest BCUT2D eigenvalue weighted by Crippen LogP contribution is 2.45. The lowest BCUT2D eigenvalue weighted by atomic mass is 10.2. The summed E-state index contributed by atoms with van der Waals surface area (Å²) in [7, 11) is -3.08. The maximum atomic E-state index is 12.2. The predicted molar refractivity (Wildman–Crippen MR) is 94.0 cm³/mol. The molecule has 1 saturated heterocycles. The summed E-state index contributed by atoms with van der Waals surface area (Å²) >= 11 is 5.05. The summed E-state index contributed by atoms with van der Waals surface area (Å²) in [6, 6.07) is 0. The molecule has 1 aliphatic heterocycles. The van der Waals surface area contributed by atoms with Gasteiger partial charge in [0.05, 0.1) is 19.3 Å². The van der Waals surface area contributed by atoms with E-state index >= 15 is 0 Å². The van der Waals surface area contributed by atoms with Gasteiger partial charge in [0.2, 0.25) is 0 Å². The quantitative estimate of drug-likeness (QED) is 0.580. The van der Waals surface area contributed by atoms with E-state index in [0.29, 0.717) is 17.7 Å². The van der Waals surface area contributed by atoms with E-state index in [-0.39, 0.29) is 30.5 Å². The minimum atomic E-state index is -3.08. The first-order chi connectivity index (χ1) is 11.2. The van der Waals surface area contributed by atoms with E-state index in [2.05, 4.69) is 4.98 Å². The molecule has 0 radical (unpaired) electrons. The fourth-order valence-electron chi connectivity index (χ4n) is 2.35. The number of nitrogens with zero attached hydrogens (tertiary/aromatic N) is 1. The molecule has 7 nitrogen and oxygen atoms in total. The molecule has 0 aliphatic carbocycles. The van der Waals surface area contributed by atoms with Gasteiger partial charge in [-0.05, 0) is 25.7 Å². The number of aryl methyl sites for hydroxylation is 1. The standard InChI is InChI=1S/C15H25N2O5PS/c1-10(2)8-20-23(4,19)21-9-12-5-6-13(22-12)17-7-11(3)14(24)16-15(17)18/h7,10,12-13H,5-6,8-9H2,1-4H3,(H,16,18,24). The van der Waals surface area contributed by atoms with Crippen molar-refractivity contribution in [3.8, 4) is 0 Å². The zero-order chi connectivity index (χ0) is 17.9. The van der Waals surface area contributed by atoms with E-state index in [4.69, 9.17) is 26.0 Å². The van der Waals surface area contributed by atoms with Crippen LogP contribution in [0.3, 0.4) is 0 Å². The highest BCUT2D eigenvalue weighted by molar-refractivity contribution is 7.71. The van der Waals surface area contributed by atoms with Crippen LogP contribution in [0, 0.1) is 17.5 Å². The Bertz CT molecular complexity index is 729. The molecule has 1 aromatic rings. The van der Waals surface area contributed by atoms with Crippen molar-refractivity contribution >= 4 is 19.8 Å². The number of aromatic amines is 1. The van der Waals surface area contributed by atoms with Gasteiger partial charge in [-0.15, -0.1) is 0 Å². The van der Waals surface area contributed by atoms with Crippen LogP contribution in [0.1, 0.15) is 38.5 Å². The zero-order valence-electron chi connectivity index (χ0n) is 14.5. The number of rotatable bonds is 7. The lowest BCUT2D eigenvalue weighted by molar-refractivity contribution is -0.0224. The molecule has 2 rings (SSSR count). The molecule has 0 saturated carbocycles. The Labute approximate surface area is 146 Å². The minimum Gasteiger partial charge on any atom is -0.352 e. The molecule has 1 aromatic heterocycles. The summed E-state index contributed by atoms with van der Waals surface area (Å²) in [5.74, 6) is 0.285. The van der Waals surface area contributed by atoms with Gasteiger partial charge in [0.25, 0.3) is 0 Å². The molecule has 0 aromatic carbocycles. The van der Waals surface area contributed by atoms with Crippen LogP contribution in [0.2, 0.25) is 0 Å². The molecule has 136 valence electrons. The van der Waals surface area contributed by atoms with E-state index in [1.165, 1.54) is 11.2 Å². The van der Waals surface area contributed by atoms with Crippen LogP contribution in [0.4, 0.5) is 0 Å². The Hall–Kier alpha value is -0.790. The second-order valence-corrected chi connectivity index (χ2v) is 8.99. The first-order valence-corrected chi connectivity index (χ1v) is 10.4. The molecular formula is C15H25N2O5PS. The van der Waals surface area contributed by atoms with Gasteiger partial charge in [0.1, 0.15) is 10.9 Å². The van der Waals surface area contributed by atoms with E-state index < -0.39 is 7.60 Å². The Morgan fingerprint density at radius 2 is 2.17 bits per heavy atom. The topological polar surface area (TPSA) is 82.5 Å². The molecular weight excluding hydrogens is 351 g/mol. The third-order valence-corrected chi connectivity index (χ3v) is 5.34. The van der Waals surface area contributed by atoms with Crippen molar-refractivity contribution in [1.29, 1.82) is 0 Å². The van der Waals surface area contributed by atoms with Gasteiger partial charge in [0.15, 0.2) is 0 Å². The van der Waals surface area contributed by atoms with Crippen LogP contribution in [-0.4, -0.2) is 35.5 Å². The van der Waals surface area contributed by atoms with Gasteiger partial charge >= 0.3 is 13.3 Å². The number of nitrogens with one attached hydrogen (secondary N) is 1. The highest BCUT2D eigenvalue weighted by atomic mass is 32.1. The summed E-state index contributed by atoms with van der Waals surface area (Å²) in [5.41, 5.74) is 0.520. The van der Waals surface area contributed by atoms with Gasteiger partial charge in [-0.2, -0.15) is 0 Å². The largest absolute Gasteiger partial charge is 0.352 e. The van der Waals surface area contributed by atoms with Gasteiger partial charge in [-0.3, -0.25) is 14.1 Å². The average molecular weight is 376 g/mol. The molecule has 1 N–H and O–H groups in total. The number of hydrogen-bond acceptors (Lipinski definition) is 6. The average Bonchev–Trinajstić information content (AvgIpc) is 2.96. The SMILES string of the molecule is Cc1cn(C2CCC(COP(C)(=O)OCC(C)C)O2)c(=O)[nH]c1=S. The molecule has 2 heterocycles. The lowest BCUT2D eigenvalue weighted by Crippen LogP contribution is -2.28. The molecule has 0 spiro atoms. The molecule has 24 heavy (non-hydrogen) atoms. The normalized spacial score (nSPS) is 23.5. The fraction of sp³-hybridized carbons (Fsp3) is 0.733. The Kier molecular flexibility index (Phi) is 6.56. The van der Waals surface area contributed by atoms with Crippen molar-refractivity contribution in [2.75, 3.05) is 19.9 Å². The van der Waals surface area contributed by atoms with E-state index in [1.807, 2.05) is 20.8 Å². The van der Waals surface area contributed by atoms with Gasteiger partial charge in [-0.1, -0.05) is 26.1 Å². The first kappa shape index (κ1) is 19.5. The van der Waals surface area contributed by atoms with Crippen LogP contribution in [0.5, 0.6) is 0 Å². The molecule has 1 fully saturated rings. The molecule has 9 heteroatoms. The summed E-state index contributed by atoms with van der Waals surface area (Å²) in [6.45, 7) is 7.83. The predicted octanol–water partition coefficient (Wildman–Crippen LogP) is 3.40. The number of ether oxygens (including phenoxy) is 1. The van der Waals surface area contributed by atoms with Gasteiger partial charge < -0.3 is 13.8 Å². The van der Waals surface area contributed by atoms with Crippen molar-refractivity contribution in [3.05, 3.63) is 26.9 Å². The molecule has 1 aliphatic rings. The summed E-state index contributed by atoms with van der Waals surface area (Å²) in [4.78, 5) is 14.6. The Morgan fingerprint density at radius 1 is 1.46 bits per heavy atom. The highest BCUT2D eigenvalue weighted by Gasteiger charge is 2.29. The number of aromatic nitrogens is 2. The van der Waals surface area contributed by atoms with Crippen LogP contribution < -0.4 is 5.69 Å². The fourth-order valence-corrected chi connectivity index (χ4v) is 3.57. The maximum Gasteiger partial charge on any atom is 0.328 e. The first-order valence-electron chi connectivity index (χ1n) is 8.02. The van der Waals surface area contributed by atoms with Gasteiger partial charge in [0, 0.05) is 18.4 Å². The second-order valence-electron chi connectivity index (χ2n) is 6.53. The number of H-pyrrole nitrogens is 1. The van der Waals surface area contributed by atoms with E-state index in [1.54, 1.807) is 6.20 Å².